The monoisotopic (exact) mass is 330 g/mol. The van der Waals surface area contributed by atoms with Gasteiger partial charge in [0, 0.05) is 17.1 Å². The van der Waals surface area contributed by atoms with E-state index in [0.717, 1.165) is 39.1 Å². The summed E-state index contributed by atoms with van der Waals surface area (Å²) in [5.74, 6) is 1.86. The van der Waals surface area contributed by atoms with Crippen LogP contribution in [0.25, 0.3) is 16.9 Å². The average molecular weight is 331 g/mol. The van der Waals surface area contributed by atoms with Gasteiger partial charge in [0.25, 0.3) is 0 Å². The predicted molar refractivity (Wildman–Crippen MR) is 84.1 cm³/mol. The number of imidazole rings is 1. The average Bonchev–Trinajstić information content (AvgIpc) is 2.78. The van der Waals surface area contributed by atoms with Gasteiger partial charge in [0.2, 0.25) is 0 Å². The molecular formula is C15H15BrN4. The molecule has 0 fully saturated rings. The molecule has 3 rings (SSSR count). The molecule has 2 N–H and O–H groups in total. The molecule has 5 heteroatoms. The molecule has 20 heavy (non-hydrogen) atoms. The van der Waals surface area contributed by atoms with E-state index in [1.165, 1.54) is 0 Å². The van der Waals surface area contributed by atoms with Crippen LogP contribution in [0.15, 0.2) is 41.0 Å². The van der Waals surface area contributed by atoms with Crippen LogP contribution in [-0.2, 0) is 6.42 Å². The number of aryl methyl sites for hydroxylation is 1. The van der Waals surface area contributed by atoms with Gasteiger partial charge in [-0.2, -0.15) is 0 Å². The number of nitrogens with two attached hydrogens (primary N) is 1. The second-order valence-corrected chi connectivity index (χ2v) is 5.60. The maximum absolute atomic E-state index is 5.71. The standard InChI is InChI=1S/C15H15BrN4/c1-10-8-11(16)9-18-15(10)20-13-5-3-2-4-12(13)19-14(20)6-7-17/h2-5,8-9H,6-7,17H2,1H3. The van der Waals surface area contributed by atoms with Crippen LogP contribution in [0.4, 0.5) is 0 Å². The Hall–Kier alpha value is -1.72. The van der Waals surface area contributed by atoms with Crippen LogP contribution < -0.4 is 5.73 Å². The molecular weight excluding hydrogens is 316 g/mol. The molecule has 0 radical (unpaired) electrons. The zero-order valence-corrected chi connectivity index (χ0v) is 12.8. The summed E-state index contributed by atoms with van der Waals surface area (Å²) in [6.07, 6.45) is 2.54. The summed E-state index contributed by atoms with van der Waals surface area (Å²) in [5.41, 5.74) is 8.84. The lowest BCUT2D eigenvalue weighted by atomic mass is 10.2. The summed E-state index contributed by atoms with van der Waals surface area (Å²) in [6.45, 7) is 2.62. The van der Waals surface area contributed by atoms with Gasteiger partial charge in [0.15, 0.2) is 0 Å². The Morgan fingerprint density at radius 2 is 2.10 bits per heavy atom. The van der Waals surface area contributed by atoms with E-state index in [1.807, 2.05) is 31.3 Å². The van der Waals surface area contributed by atoms with E-state index in [4.69, 9.17) is 5.73 Å². The largest absolute Gasteiger partial charge is 0.330 e. The van der Waals surface area contributed by atoms with E-state index in [-0.39, 0.29) is 0 Å². The smallest absolute Gasteiger partial charge is 0.141 e. The highest BCUT2D eigenvalue weighted by Crippen LogP contribution is 2.24. The number of fused-ring (bicyclic) bond motifs is 1. The quantitative estimate of drug-likeness (QED) is 0.803. The molecule has 4 nitrogen and oxygen atoms in total. The van der Waals surface area contributed by atoms with Gasteiger partial charge in [-0.15, -0.1) is 0 Å². The molecule has 0 bridgehead atoms. The first-order valence-corrected chi connectivity index (χ1v) is 7.29. The fourth-order valence-corrected chi connectivity index (χ4v) is 2.82. The van der Waals surface area contributed by atoms with Gasteiger partial charge >= 0.3 is 0 Å². The Labute approximate surface area is 125 Å². The first-order chi connectivity index (χ1) is 9.70. The zero-order valence-electron chi connectivity index (χ0n) is 11.2. The normalized spacial score (nSPS) is 11.2. The number of aromatic nitrogens is 3. The molecule has 102 valence electrons. The van der Waals surface area contributed by atoms with Crippen LogP contribution in [0.5, 0.6) is 0 Å². The Morgan fingerprint density at radius 3 is 2.85 bits per heavy atom. The summed E-state index contributed by atoms with van der Waals surface area (Å²) in [7, 11) is 0. The van der Waals surface area contributed by atoms with Crippen LogP contribution in [0.1, 0.15) is 11.4 Å². The molecule has 0 aliphatic rings. The van der Waals surface area contributed by atoms with E-state index in [9.17, 15) is 0 Å². The molecule has 0 saturated carbocycles. The minimum atomic E-state index is 0.568. The summed E-state index contributed by atoms with van der Waals surface area (Å²) in [5, 5.41) is 0. The van der Waals surface area contributed by atoms with E-state index >= 15 is 0 Å². The summed E-state index contributed by atoms with van der Waals surface area (Å²) in [4.78, 5) is 9.22. The van der Waals surface area contributed by atoms with Crippen molar-refractivity contribution in [1.29, 1.82) is 0 Å². The third-order valence-electron chi connectivity index (χ3n) is 3.23. The van der Waals surface area contributed by atoms with Crippen LogP contribution in [-0.4, -0.2) is 21.1 Å². The first kappa shape index (κ1) is 13.3. The molecule has 0 atom stereocenters. The Bertz CT molecular complexity index is 764. The first-order valence-electron chi connectivity index (χ1n) is 6.49. The third-order valence-corrected chi connectivity index (χ3v) is 3.66. The van der Waals surface area contributed by atoms with Gasteiger partial charge in [-0.05, 0) is 53.2 Å². The second kappa shape index (κ2) is 5.34. The second-order valence-electron chi connectivity index (χ2n) is 4.68. The highest BCUT2D eigenvalue weighted by atomic mass is 79.9. The van der Waals surface area contributed by atoms with Crippen molar-refractivity contribution in [1.82, 2.24) is 14.5 Å². The van der Waals surface area contributed by atoms with Gasteiger partial charge in [-0.3, -0.25) is 4.57 Å². The van der Waals surface area contributed by atoms with Gasteiger partial charge in [0.05, 0.1) is 11.0 Å². The van der Waals surface area contributed by atoms with Gasteiger partial charge < -0.3 is 5.73 Å². The summed E-state index contributed by atoms with van der Waals surface area (Å²) >= 11 is 3.45. The molecule has 1 aromatic carbocycles. The third kappa shape index (κ3) is 2.23. The minimum Gasteiger partial charge on any atom is -0.330 e. The van der Waals surface area contributed by atoms with Crippen molar-refractivity contribution in [3.05, 3.63) is 52.4 Å². The minimum absolute atomic E-state index is 0.568. The molecule has 3 aromatic rings. The molecule has 0 unspecified atom stereocenters. The molecule has 0 saturated heterocycles. The number of hydrogen-bond donors (Lipinski definition) is 1. The Kier molecular flexibility index (Phi) is 3.54. The summed E-state index contributed by atoms with van der Waals surface area (Å²) in [6, 6.07) is 10.1. The maximum Gasteiger partial charge on any atom is 0.141 e. The van der Waals surface area contributed by atoms with Gasteiger partial charge in [-0.25, -0.2) is 9.97 Å². The maximum atomic E-state index is 5.71. The fraction of sp³-hybridized carbons (Fsp3) is 0.200. The van der Waals surface area contributed by atoms with Crippen molar-refractivity contribution in [3.63, 3.8) is 0 Å². The highest BCUT2D eigenvalue weighted by Gasteiger charge is 2.14. The lowest BCUT2D eigenvalue weighted by molar-refractivity contribution is 0.830. The number of para-hydroxylation sites is 2. The highest BCUT2D eigenvalue weighted by molar-refractivity contribution is 9.10. The van der Waals surface area contributed by atoms with Crippen LogP contribution >= 0.6 is 15.9 Å². The predicted octanol–water partition coefficient (Wildman–Crippen LogP) is 2.99. The van der Waals surface area contributed by atoms with E-state index in [0.29, 0.717) is 6.54 Å². The van der Waals surface area contributed by atoms with Crippen molar-refractivity contribution in [2.75, 3.05) is 6.54 Å². The van der Waals surface area contributed by atoms with Crippen molar-refractivity contribution in [3.8, 4) is 5.82 Å². The topological polar surface area (TPSA) is 56.7 Å². The number of hydrogen-bond acceptors (Lipinski definition) is 3. The Morgan fingerprint density at radius 1 is 1.30 bits per heavy atom. The fourth-order valence-electron chi connectivity index (χ4n) is 2.38. The van der Waals surface area contributed by atoms with E-state index < -0.39 is 0 Å². The lowest BCUT2D eigenvalue weighted by Gasteiger charge is -2.10. The zero-order chi connectivity index (χ0) is 14.1. The van der Waals surface area contributed by atoms with Gasteiger partial charge in [0.1, 0.15) is 11.6 Å². The number of pyridine rings is 1. The number of benzene rings is 1. The van der Waals surface area contributed by atoms with Crippen molar-refractivity contribution in [2.24, 2.45) is 5.73 Å². The molecule has 0 amide bonds. The van der Waals surface area contributed by atoms with Crippen LogP contribution in [0.3, 0.4) is 0 Å². The van der Waals surface area contributed by atoms with E-state index in [2.05, 4.69) is 42.6 Å². The lowest BCUT2D eigenvalue weighted by Crippen LogP contribution is -2.10. The van der Waals surface area contributed by atoms with E-state index in [1.54, 1.807) is 0 Å². The van der Waals surface area contributed by atoms with Crippen molar-refractivity contribution in [2.45, 2.75) is 13.3 Å². The number of rotatable bonds is 3. The van der Waals surface area contributed by atoms with Crippen molar-refractivity contribution >= 4 is 27.0 Å². The number of halogens is 1. The molecule has 0 spiro atoms. The van der Waals surface area contributed by atoms with Crippen molar-refractivity contribution < 1.29 is 0 Å². The van der Waals surface area contributed by atoms with Gasteiger partial charge in [-0.1, -0.05) is 12.1 Å². The van der Waals surface area contributed by atoms with Crippen LogP contribution in [0.2, 0.25) is 0 Å². The molecule has 2 heterocycles. The summed E-state index contributed by atoms with van der Waals surface area (Å²) < 4.78 is 3.08. The van der Waals surface area contributed by atoms with Crippen LogP contribution in [0, 0.1) is 6.92 Å². The molecule has 0 aliphatic carbocycles. The molecule has 0 aliphatic heterocycles. The number of nitrogens with zero attached hydrogens (tertiary/aromatic N) is 3. The SMILES string of the molecule is Cc1cc(Br)cnc1-n1c(CCN)nc2ccccc21. The Balaban J connectivity index is 2.30. The molecule has 2 aromatic heterocycles.